The predicted molar refractivity (Wildman–Crippen MR) is 90.4 cm³/mol. The van der Waals surface area contributed by atoms with Gasteiger partial charge in [0.2, 0.25) is 0 Å². The average molecular weight is 327 g/mol. The molecular weight excluding hydrogens is 312 g/mol. The third kappa shape index (κ3) is 2.97. The van der Waals surface area contributed by atoms with Crippen LogP contribution in [0.1, 0.15) is 16.1 Å². The molecule has 0 atom stereocenters. The number of benzene rings is 2. The second-order valence-electron chi connectivity index (χ2n) is 5.13. The minimum Gasteiger partial charge on any atom is -0.298 e. The van der Waals surface area contributed by atoms with E-state index < -0.39 is 5.91 Å². The summed E-state index contributed by atoms with van der Waals surface area (Å²) in [7, 11) is 0. The summed E-state index contributed by atoms with van der Waals surface area (Å²) in [6, 6.07) is 15.2. The maximum Gasteiger partial charge on any atom is 0.286 e. The van der Waals surface area contributed by atoms with E-state index >= 15 is 0 Å². The van der Waals surface area contributed by atoms with Gasteiger partial charge in [-0.3, -0.25) is 14.8 Å². The number of nitrogen functional groups attached to an aromatic ring is 1. The van der Waals surface area contributed by atoms with Crippen molar-refractivity contribution in [3.63, 3.8) is 0 Å². The molecule has 2 aromatic carbocycles. The summed E-state index contributed by atoms with van der Waals surface area (Å²) in [5.74, 6) is 4.84. The van der Waals surface area contributed by atoms with E-state index in [9.17, 15) is 4.79 Å². The van der Waals surface area contributed by atoms with Crippen LogP contribution in [-0.4, -0.2) is 15.5 Å². The number of aromatic nitrogens is 2. The normalized spacial score (nSPS) is 10.6. The van der Waals surface area contributed by atoms with Gasteiger partial charge in [0.25, 0.3) is 5.91 Å². The molecule has 5 nitrogen and oxygen atoms in total. The third-order valence-corrected chi connectivity index (χ3v) is 3.73. The van der Waals surface area contributed by atoms with Gasteiger partial charge >= 0.3 is 0 Å². The number of carbonyl (C=O) groups excluding carboxylic acids is 1. The molecule has 0 fully saturated rings. The number of aryl methyl sites for hydroxylation is 1. The van der Waals surface area contributed by atoms with E-state index in [2.05, 4.69) is 10.4 Å². The van der Waals surface area contributed by atoms with Crippen LogP contribution in [0.15, 0.2) is 54.9 Å². The van der Waals surface area contributed by atoms with Gasteiger partial charge in [-0.25, -0.2) is 10.8 Å². The first-order chi connectivity index (χ1) is 11.1. The Kier molecular flexibility index (Phi) is 4.14. The zero-order valence-corrected chi connectivity index (χ0v) is 13.2. The van der Waals surface area contributed by atoms with Crippen LogP contribution in [-0.2, 0) is 0 Å². The summed E-state index contributed by atoms with van der Waals surface area (Å²) in [6.45, 7) is 1.99. The van der Waals surface area contributed by atoms with Gasteiger partial charge in [0.05, 0.1) is 5.69 Å². The van der Waals surface area contributed by atoms with Gasteiger partial charge in [0.1, 0.15) is 6.33 Å². The number of amides is 1. The van der Waals surface area contributed by atoms with Gasteiger partial charge < -0.3 is 0 Å². The predicted octanol–water partition coefficient (Wildman–Crippen LogP) is 3.10. The highest BCUT2D eigenvalue weighted by atomic mass is 35.5. The highest BCUT2D eigenvalue weighted by Crippen LogP contribution is 2.28. The van der Waals surface area contributed by atoms with E-state index in [0.29, 0.717) is 10.7 Å². The summed E-state index contributed by atoms with van der Waals surface area (Å²) in [6.07, 6.45) is 1.59. The Labute approximate surface area is 138 Å². The first kappa shape index (κ1) is 15.3. The molecule has 0 aliphatic heterocycles. The average Bonchev–Trinajstić information content (AvgIpc) is 2.99. The van der Waals surface area contributed by atoms with Gasteiger partial charge in [0, 0.05) is 16.3 Å². The first-order valence-corrected chi connectivity index (χ1v) is 7.39. The van der Waals surface area contributed by atoms with E-state index in [1.165, 1.54) is 0 Å². The fourth-order valence-electron chi connectivity index (χ4n) is 2.47. The molecule has 6 heteroatoms. The van der Waals surface area contributed by atoms with Gasteiger partial charge in [-0.05, 0) is 31.2 Å². The molecule has 1 amide bonds. The number of nitrogens with two attached hydrogens (primary N) is 1. The Hall–Kier alpha value is -2.63. The van der Waals surface area contributed by atoms with Crippen molar-refractivity contribution in [1.82, 2.24) is 15.0 Å². The van der Waals surface area contributed by atoms with Crippen molar-refractivity contribution in [3.05, 3.63) is 71.1 Å². The van der Waals surface area contributed by atoms with Crippen LogP contribution in [0.5, 0.6) is 0 Å². The van der Waals surface area contributed by atoms with Crippen molar-refractivity contribution in [3.8, 4) is 16.9 Å². The SMILES string of the molecule is Cc1cccc(-c2c(C(=O)NN)ncn2-c2cccc(Cl)c2)c1. The van der Waals surface area contributed by atoms with Crippen LogP contribution < -0.4 is 11.3 Å². The van der Waals surface area contributed by atoms with Crippen molar-refractivity contribution >= 4 is 17.5 Å². The molecule has 3 N–H and O–H groups in total. The van der Waals surface area contributed by atoms with Crippen molar-refractivity contribution in [2.75, 3.05) is 0 Å². The highest BCUT2D eigenvalue weighted by Gasteiger charge is 2.20. The zero-order chi connectivity index (χ0) is 16.4. The molecule has 0 aliphatic rings. The molecule has 3 aromatic rings. The number of hydrazine groups is 1. The lowest BCUT2D eigenvalue weighted by Crippen LogP contribution is -2.30. The Bertz CT molecular complexity index is 873. The summed E-state index contributed by atoms with van der Waals surface area (Å²) < 4.78 is 1.82. The van der Waals surface area contributed by atoms with Crippen LogP contribution in [0.3, 0.4) is 0 Å². The standard InChI is InChI=1S/C17H15ClN4O/c1-11-4-2-5-12(8-11)16-15(17(23)21-19)20-10-22(16)14-7-3-6-13(18)9-14/h2-10H,19H2,1H3,(H,21,23). The molecule has 3 rings (SSSR count). The molecule has 23 heavy (non-hydrogen) atoms. The van der Waals surface area contributed by atoms with Crippen molar-refractivity contribution in [1.29, 1.82) is 0 Å². The van der Waals surface area contributed by atoms with Crippen LogP contribution in [0, 0.1) is 6.92 Å². The molecule has 0 spiro atoms. The van der Waals surface area contributed by atoms with E-state index in [0.717, 1.165) is 16.8 Å². The Morgan fingerprint density at radius 2 is 2.00 bits per heavy atom. The summed E-state index contributed by atoms with van der Waals surface area (Å²) in [4.78, 5) is 16.3. The van der Waals surface area contributed by atoms with Crippen LogP contribution in [0.25, 0.3) is 16.9 Å². The van der Waals surface area contributed by atoms with E-state index in [1.807, 2.05) is 54.0 Å². The first-order valence-electron chi connectivity index (χ1n) is 7.01. The summed E-state index contributed by atoms with van der Waals surface area (Å²) in [5, 5.41) is 0.608. The topological polar surface area (TPSA) is 72.9 Å². The lowest BCUT2D eigenvalue weighted by atomic mass is 10.1. The largest absolute Gasteiger partial charge is 0.298 e. The molecule has 0 aliphatic carbocycles. The second-order valence-corrected chi connectivity index (χ2v) is 5.57. The fourth-order valence-corrected chi connectivity index (χ4v) is 2.66. The molecule has 0 saturated carbocycles. The number of nitrogens with zero attached hydrogens (tertiary/aromatic N) is 2. The summed E-state index contributed by atoms with van der Waals surface area (Å²) >= 11 is 6.08. The van der Waals surface area contributed by atoms with E-state index in [-0.39, 0.29) is 5.69 Å². The smallest absolute Gasteiger partial charge is 0.286 e. The molecule has 0 bridgehead atoms. The Morgan fingerprint density at radius 1 is 1.22 bits per heavy atom. The number of halogens is 1. The maximum absolute atomic E-state index is 12.1. The Morgan fingerprint density at radius 3 is 2.70 bits per heavy atom. The molecule has 0 radical (unpaired) electrons. The number of nitrogens with one attached hydrogen (secondary N) is 1. The molecule has 0 saturated heterocycles. The number of imidazole rings is 1. The number of hydrogen-bond acceptors (Lipinski definition) is 3. The van der Waals surface area contributed by atoms with Crippen LogP contribution in [0.2, 0.25) is 5.02 Å². The zero-order valence-electron chi connectivity index (χ0n) is 12.5. The van der Waals surface area contributed by atoms with Crippen molar-refractivity contribution in [2.45, 2.75) is 6.92 Å². The fraction of sp³-hybridized carbons (Fsp3) is 0.0588. The third-order valence-electron chi connectivity index (χ3n) is 3.49. The van der Waals surface area contributed by atoms with Crippen LogP contribution in [0.4, 0.5) is 0 Å². The lowest BCUT2D eigenvalue weighted by Gasteiger charge is -2.11. The van der Waals surface area contributed by atoms with Crippen molar-refractivity contribution < 1.29 is 4.79 Å². The second kappa shape index (κ2) is 6.24. The lowest BCUT2D eigenvalue weighted by molar-refractivity contribution is 0.0950. The maximum atomic E-state index is 12.1. The van der Waals surface area contributed by atoms with Gasteiger partial charge in [-0.15, -0.1) is 0 Å². The van der Waals surface area contributed by atoms with Gasteiger partial charge in [-0.2, -0.15) is 0 Å². The minimum absolute atomic E-state index is 0.262. The number of hydrogen-bond donors (Lipinski definition) is 2. The van der Waals surface area contributed by atoms with Gasteiger partial charge in [-0.1, -0.05) is 41.4 Å². The van der Waals surface area contributed by atoms with Crippen LogP contribution >= 0.6 is 11.6 Å². The van der Waals surface area contributed by atoms with Crippen molar-refractivity contribution in [2.24, 2.45) is 5.84 Å². The molecule has 1 aromatic heterocycles. The van der Waals surface area contributed by atoms with E-state index in [1.54, 1.807) is 12.4 Å². The highest BCUT2D eigenvalue weighted by molar-refractivity contribution is 6.30. The van der Waals surface area contributed by atoms with Gasteiger partial charge in [0.15, 0.2) is 5.69 Å². The molecular formula is C17H15ClN4O. The Balaban J connectivity index is 2.25. The number of carbonyl (C=O) groups is 1. The summed E-state index contributed by atoms with van der Waals surface area (Å²) in [5.41, 5.74) is 5.85. The molecule has 0 unspecified atom stereocenters. The minimum atomic E-state index is -0.442. The monoisotopic (exact) mass is 326 g/mol. The molecule has 1 heterocycles. The van der Waals surface area contributed by atoms with E-state index in [4.69, 9.17) is 17.4 Å². The number of rotatable bonds is 3. The quantitative estimate of drug-likeness (QED) is 0.441. The molecule has 116 valence electrons.